The third-order valence-corrected chi connectivity index (χ3v) is 6.22. The standard InChI is InChI=1S/C25H24N6O4/c1-3-30-23(32)20(27-31(25(30)34)19-11-9-16(2)10-12-19)21-26-22(35-28-21)24(33)29-14-13-18(15-29)17-7-5-4-6-8-17/h4-12,18H,3,13-15H2,1-2H3/t18-/m1/s1. The minimum absolute atomic E-state index is 0.136. The molecular weight excluding hydrogens is 448 g/mol. The Bertz CT molecular complexity index is 1490. The van der Waals surface area contributed by atoms with Crippen LogP contribution in [0.2, 0.25) is 0 Å². The fourth-order valence-corrected chi connectivity index (χ4v) is 4.27. The molecule has 1 aliphatic heterocycles. The zero-order valence-electron chi connectivity index (χ0n) is 19.4. The van der Waals surface area contributed by atoms with E-state index in [9.17, 15) is 14.4 Å². The van der Waals surface area contributed by atoms with Gasteiger partial charge in [-0.15, -0.1) is 0 Å². The van der Waals surface area contributed by atoms with E-state index in [1.807, 2.05) is 37.3 Å². The van der Waals surface area contributed by atoms with Crippen LogP contribution in [0.15, 0.2) is 68.7 Å². The molecule has 1 fully saturated rings. The molecule has 1 amide bonds. The van der Waals surface area contributed by atoms with E-state index >= 15 is 0 Å². The molecule has 0 unspecified atom stereocenters. The normalized spacial score (nSPS) is 15.5. The Morgan fingerprint density at radius 1 is 1.09 bits per heavy atom. The van der Waals surface area contributed by atoms with E-state index in [-0.39, 0.29) is 29.9 Å². The maximum Gasteiger partial charge on any atom is 0.352 e. The average Bonchev–Trinajstić information content (AvgIpc) is 3.56. The third kappa shape index (κ3) is 4.18. The maximum atomic E-state index is 13.0. The van der Waals surface area contributed by atoms with Gasteiger partial charge in [0.2, 0.25) is 5.82 Å². The first-order valence-corrected chi connectivity index (χ1v) is 11.5. The highest BCUT2D eigenvalue weighted by Gasteiger charge is 2.31. The van der Waals surface area contributed by atoms with Gasteiger partial charge in [0.25, 0.3) is 5.56 Å². The number of carbonyl (C=O) groups excluding carboxylic acids is 1. The van der Waals surface area contributed by atoms with Crippen molar-refractivity contribution in [1.82, 2.24) is 29.4 Å². The van der Waals surface area contributed by atoms with E-state index in [0.717, 1.165) is 21.2 Å². The summed E-state index contributed by atoms with van der Waals surface area (Å²) in [5.41, 5.74) is 1.30. The van der Waals surface area contributed by atoms with Crippen molar-refractivity contribution < 1.29 is 9.32 Å². The molecule has 10 heteroatoms. The fraction of sp³-hybridized carbons (Fsp3) is 0.280. The zero-order valence-corrected chi connectivity index (χ0v) is 19.4. The van der Waals surface area contributed by atoms with Crippen LogP contribution >= 0.6 is 0 Å². The van der Waals surface area contributed by atoms with Gasteiger partial charge in [-0.2, -0.15) is 14.8 Å². The van der Waals surface area contributed by atoms with Gasteiger partial charge in [0.1, 0.15) is 0 Å². The van der Waals surface area contributed by atoms with Crippen LogP contribution in [0.25, 0.3) is 17.2 Å². The molecule has 1 atom stereocenters. The van der Waals surface area contributed by atoms with Gasteiger partial charge in [0, 0.05) is 25.6 Å². The second-order valence-corrected chi connectivity index (χ2v) is 8.50. The number of hydrogen-bond acceptors (Lipinski definition) is 7. The summed E-state index contributed by atoms with van der Waals surface area (Å²) in [6.45, 7) is 4.86. The molecule has 0 aliphatic carbocycles. The van der Waals surface area contributed by atoms with E-state index in [2.05, 4.69) is 27.4 Å². The maximum absolute atomic E-state index is 13.0. The van der Waals surface area contributed by atoms with E-state index in [1.54, 1.807) is 24.0 Å². The van der Waals surface area contributed by atoms with Crippen LogP contribution in [-0.2, 0) is 6.54 Å². The lowest BCUT2D eigenvalue weighted by Gasteiger charge is -2.14. The predicted molar refractivity (Wildman–Crippen MR) is 128 cm³/mol. The monoisotopic (exact) mass is 472 g/mol. The van der Waals surface area contributed by atoms with Crippen LogP contribution in [-0.4, -0.2) is 48.4 Å². The van der Waals surface area contributed by atoms with Crippen LogP contribution in [0.1, 0.15) is 41.1 Å². The number of likely N-dealkylation sites (tertiary alicyclic amines) is 1. The molecule has 0 spiro atoms. The smallest absolute Gasteiger partial charge is 0.334 e. The van der Waals surface area contributed by atoms with Gasteiger partial charge in [-0.3, -0.25) is 14.2 Å². The molecule has 0 N–H and O–H groups in total. The van der Waals surface area contributed by atoms with Crippen LogP contribution in [0.5, 0.6) is 0 Å². The topological polar surface area (TPSA) is 116 Å². The largest absolute Gasteiger partial charge is 0.352 e. The molecule has 2 aromatic carbocycles. The highest BCUT2D eigenvalue weighted by Crippen LogP contribution is 2.28. The van der Waals surface area contributed by atoms with Gasteiger partial charge in [0.05, 0.1) is 5.69 Å². The van der Waals surface area contributed by atoms with Gasteiger partial charge in [-0.05, 0) is 38.0 Å². The molecule has 4 aromatic rings. The van der Waals surface area contributed by atoms with Gasteiger partial charge in [-0.25, -0.2) is 4.79 Å². The Morgan fingerprint density at radius 2 is 1.83 bits per heavy atom. The molecule has 3 heterocycles. The van der Waals surface area contributed by atoms with Crippen molar-refractivity contribution in [2.75, 3.05) is 13.1 Å². The minimum atomic E-state index is -0.647. The number of aryl methyl sites for hydroxylation is 1. The number of carbonyl (C=O) groups is 1. The summed E-state index contributed by atoms with van der Waals surface area (Å²) >= 11 is 0. The summed E-state index contributed by atoms with van der Waals surface area (Å²) in [7, 11) is 0. The summed E-state index contributed by atoms with van der Waals surface area (Å²) < 4.78 is 7.40. The van der Waals surface area contributed by atoms with Crippen LogP contribution in [0.4, 0.5) is 0 Å². The number of nitrogens with zero attached hydrogens (tertiary/aromatic N) is 6. The third-order valence-electron chi connectivity index (χ3n) is 6.22. The van der Waals surface area contributed by atoms with Gasteiger partial charge >= 0.3 is 17.5 Å². The van der Waals surface area contributed by atoms with E-state index in [4.69, 9.17) is 4.52 Å². The first-order valence-electron chi connectivity index (χ1n) is 11.5. The lowest BCUT2D eigenvalue weighted by Crippen LogP contribution is -2.41. The number of rotatable bonds is 5. The second kappa shape index (κ2) is 9.13. The van der Waals surface area contributed by atoms with Crippen molar-refractivity contribution in [1.29, 1.82) is 0 Å². The van der Waals surface area contributed by atoms with Crippen LogP contribution in [0, 0.1) is 6.92 Å². The molecule has 178 valence electrons. The SMILES string of the molecule is CCn1c(=O)c(-c2noc(C(=O)N3CC[C@@H](c4ccccc4)C3)n2)nn(-c2ccc(C)cc2)c1=O. The van der Waals surface area contributed by atoms with Crippen molar-refractivity contribution >= 4 is 5.91 Å². The van der Waals surface area contributed by atoms with Gasteiger partial charge < -0.3 is 9.42 Å². The highest BCUT2D eigenvalue weighted by molar-refractivity contribution is 5.90. The Hall–Kier alpha value is -4.34. The number of amides is 1. The Balaban J connectivity index is 1.46. The lowest BCUT2D eigenvalue weighted by atomic mass is 9.99. The summed E-state index contributed by atoms with van der Waals surface area (Å²) in [5.74, 6) is -0.518. The van der Waals surface area contributed by atoms with Crippen LogP contribution in [0.3, 0.4) is 0 Å². The fourth-order valence-electron chi connectivity index (χ4n) is 4.27. The molecule has 1 saturated heterocycles. The van der Waals surface area contributed by atoms with E-state index in [1.165, 1.54) is 5.56 Å². The van der Waals surface area contributed by atoms with Crippen molar-refractivity contribution in [2.24, 2.45) is 0 Å². The van der Waals surface area contributed by atoms with Crippen molar-refractivity contribution in [3.8, 4) is 17.2 Å². The summed E-state index contributed by atoms with van der Waals surface area (Å²) in [6.07, 6.45) is 0.834. The zero-order chi connectivity index (χ0) is 24.5. The number of hydrogen-bond donors (Lipinski definition) is 0. The van der Waals surface area contributed by atoms with Crippen molar-refractivity contribution in [3.63, 3.8) is 0 Å². The molecule has 0 saturated carbocycles. The first-order chi connectivity index (χ1) is 17.0. The Kier molecular flexibility index (Phi) is 5.86. The molecule has 5 rings (SSSR count). The Labute approximate surface area is 200 Å². The highest BCUT2D eigenvalue weighted by atomic mass is 16.5. The van der Waals surface area contributed by atoms with Crippen molar-refractivity contribution in [2.45, 2.75) is 32.7 Å². The Morgan fingerprint density at radius 3 is 2.54 bits per heavy atom. The first kappa shape index (κ1) is 22.5. The van der Waals surface area contributed by atoms with Crippen molar-refractivity contribution in [3.05, 3.63) is 92.5 Å². The average molecular weight is 473 g/mol. The summed E-state index contributed by atoms with van der Waals surface area (Å²) in [5, 5.41) is 8.08. The molecule has 2 aromatic heterocycles. The van der Waals surface area contributed by atoms with Crippen LogP contribution < -0.4 is 11.2 Å². The summed E-state index contributed by atoms with van der Waals surface area (Å²) in [4.78, 5) is 44.7. The molecule has 10 nitrogen and oxygen atoms in total. The number of benzene rings is 2. The van der Waals surface area contributed by atoms with E-state index < -0.39 is 17.2 Å². The lowest BCUT2D eigenvalue weighted by molar-refractivity contribution is 0.0741. The number of aromatic nitrogens is 5. The summed E-state index contributed by atoms with van der Waals surface area (Å²) in [6, 6.07) is 17.2. The molecule has 1 aliphatic rings. The molecule has 0 bridgehead atoms. The van der Waals surface area contributed by atoms with E-state index in [0.29, 0.717) is 18.8 Å². The molecule has 35 heavy (non-hydrogen) atoms. The minimum Gasteiger partial charge on any atom is -0.334 e. The second-order valence-electron chi connectivity index (χ2n) is 8.50. The van der Waals surface area contributed by atoms with Gasteiger partial charge in [0.15, 0.2) is 5.69 Å². The quantitative estimate of drug-likeness (QED) is 0.438. The molecular formula is C25H24N6O4. The molecule has 0 radical (unpaired) electrons. The predicted octanol–water partition coefficient (Wildman–Crippen LogP) is 2.40. The van der Waals surface area contributed by atoms with Gasteiger partial charge in [-0.1, -0.05) is 53.2 Å².